The standard InChI is InChI=1S/C19H19ClFN3O/c1-2-3-4-8-17(25)23-19-18(14-10-9-13(21)12-15(14)20)22-16-7-5-6-11-24(16)19/h5-7,9-12H,2-4,8H2,1H3,(H,23,25). The number of aromatic nitrogens is 2. The number of hydrogen-bond acceptors (Lipinski definition) is 2. The average molecular weight is 360 g/mol. The van der Waals surface area contributed by atoms with E-state index in [1.165, 1.54) is 12.1 Å². The first-order chi connectivity index (χ1) is 12.1. The summed E-state index contributed by atoms with van der Waals surface area (Å²) in [6, 6.07) is 9.72. The summed E-state index contributed by atoms with van der Waals surface area (Å²) in [6.45, 7) is 2.09. The summed E-state index contributed by atoms with van der Waals surface area (Å²) in [5.74, 6) is 0.0619. The predicted molar refractivity (Wildman–Crippen MR) is 98.4 cm³/mol. The van der Waals surface area contributed by atoms with E-state index >= 15 is 0 Å². The number of nitrogens with zero attached hydrogens (tertiary/aromatic N) is 2. The molecule has 0 aliphatic carbocycles. The van der Waals surface area contributed by atoms with E-state index in [-0.39, 0.29) is 10.9 Å². The van der Waals surface area contributed by atoms with Gasteiger partial charge in [0.25, 0.3) is 0 Å². The van der Waals surface area contributed by atoms with Gasteiger partial charge in [0, 0.05) is 18.2 Å². The number of carbonyl (C=O) groups excluding carboxylic acids is 1. The van der Waals surface area contributed by atoms with Gasteiger partial charge in [-0.3, -0.25) is 9.20 Å². The number of halogens is 2. The Labute approximate surface area is 150 Å². The van der Waals surface area contributed by atoms with E-state index in [0.29, 0.717) is 29.1 Å². The van der Waals surface area contributed by atoms with Gasteiger partial charge in [-0.1, -0.05) is 37.4 Å². The topological polar surface area (TPSA) is 46.4 Å². The van der Waals surface area contributed by atoms with E-state index in [2.05, 4.69) is 17.2 Å². The minimum absolute atomic E-state index is 0.0708. The SMILES string of the molecule is CCCCCC(=O)Nc1c(-c2ccc(F)cc2Cl)nc2ccccn12. The molecule has 6 heteroatoms. The number of fused-ring (bicyclic) bond motifs is 1. The van der Waals surface area contributed by atoms with Gasteiger partial charge in [-0.2, -0.15) is 0 Å². The van der Waals surface area contributed by atoms with Crippen molar-refractivity contribution in [2.45, 2.75) is 32.6 Å². The van der Waals surface area contributed by atoms with Crippen LogP contribution in [0.2, 0.25) is 5.02 Å². The summed E-state index contributed by atoms with van der Waals surface area (Å²) < 4.78 is 15.2. The van der Waals surface area contributed by atoms with Crippen molar-refractivity contribution in [3.05, 3.63) is 53.4 Å². The average Bonchev–Trinajstić information content (AvgIpc) is 2.93. The molecule has 0 aliphatic heterocycles. The Hall–Kier alpha value is -2.40. The fraction of sp³-hybridized carbons (Fsp3) is 0.263. The Bertz CT molecular complexity index is 907. The number of nitrogens with one attached hydrogen (secondary N) is 1. The van der Waals surface area contributed by atoms with Gasteiger partial charge in [-0.15, -0.1) is 0 Å². The molecule has 0 saturated carbocycles. The van der Waals surface area contributed by atoms with Crippen molar-refractivity contribution >= 4 is 29.0 Å². The molecule has 3 aromatic rings. The molecule has 0 atom stereocenters. The summed E-state index contributed by atoms with van der Waals surface area (Å²) >= 11 is 6.20. The molecule has 2 heterocycles. The normalized spacial score (nSPS) is 11.0. The van der Waals surface area contributed by atoms with Gasteiger partial charge in [-0.25, -0.2) is 9.37 Å². The van der Waals surface area contributed by atoms with Crippen LogP contribution in [0.1, 0.15) is 32.6 Å². The second kappa shape index (κ2) is 7.66. The number of rotatable bonds is 6. The van der Waals surface area contributed by atoms with Crippen molar-refractivity contribution in [2.24, 2.45) is 0 Å². The van der Waals surface area contributed by atoms with Gasteiger partial charge in [0.15, 0.2) is 0 Å². The highest BCUT2D eigenvalue weighted by Gasteiger charge is 2.18. The third-order valence-corrected chi connectivity index (χ3v) is 4.29. The van der Waals surface area contributed by atoms with Crippen molar-refractivity contribution in [3.8, 4) is 11.3 Å². The van der Waals surface area contributed by atoms with E-state index in [4.69, 9.17) is 11.6 Å². The zero-order chi connectivity index (χ0) is 17.8. The van der Waals surface area contributed by atoms with Crippen LogP contribution in [0, 0.1) is 5.82 Å². The fourth-order valence-corrected chi connectivity index (χ4v) is 2.97. The first kappa shape index (κ1) is 17.4. The lowest BCUT2D eigenvalue weighted by molar-refractivity contribution is -0.116. The van der Waals surface area contributed by atoms with Crippen LogP contribution < -0.4 is 5.32 Å². The molecule has 0 radical (unpaired) electrons. The number of anilines is 1. The zero-order valence-electron chi connectivity index (χ0n) is 13.9. The van der Waals surface area contributed by atoms with Crippen LogP contribution in [0.3, 0.4) is 0 Å². The third kappa shape index (κ3) is 3.82. The molecule has 1 amide bonds. The Morgan fingerprint density at radius 3 is 2.88 bits per heavy atom. The van der Waals surface area contributed by atoms with E-state index in [9.17, 15) is 9.18 Å². The number of carbonyl (C=O) groups is 1. The highest BCUT2D eigenvalue weighted by molar-refractivity contribution is 6.33. The quantitative estimate of drug-likeness (QED) is 0.606. The smallest absolute Gasteiger partial charge is 0.225 e. The fourth-order valence-electron chi connectivity index (χ4n) is 2.71. The molecule has 1 N–H and O–H groups in total. The molecular weight excluding hydrogens is 341 g/mol. The second-order valence-corrected chi connectivity index (χ2v) is 6.27. The molecule has 2 aromatic heterocycles. The zero-order valence-corrected chi connectivity index (χ0v) is 14.7. The number of pyridine rings is 1. The van der Waals surface area contributed by atoms with Crippen LogP contribution >= 0.6 is 11.6 Å². The molecule has 0 saturated heterocycles. The van der Waals surface area contributed by atoms with Gasteiger partial charge in [0.2, 0.25) is 5.91 Å². The van der Waals surface area contributed by atoms with Crippen molar-refractivity contribution in [3.63, 3.8) is 0 Å². The monoisotopic (exact) mass is 359 g/mol. The highest BCUT2D eigenvalue weighted by Crippen LogP contribution is 2.34. The lowest BCUT2D eigenvalue weighted by Crippen LogP contribution is -2.13. The van der Waals surface area contributed by atoms with Crippen molar-refractivity contribution < 1.29 is 9.18 Å². The largest absolute Gasteiger partial charge is 0.310 e. The number of benzene rings is 1. The van der Waals surface area contributed by atoms with Gasteiger partial charge >= 0.3 is 0 Å². The molecule has 0 bridgehead atoms. The number of unbranched alkanes of at least 4 members (excludes halogenated alkanes) is 2. The van der Waals surface area contributed by atoms with Crippen molar-refractivity contribution in [1.82, 2.24) is 9.38 Å². The van der Waals surface area contributed by atoms with Crippen LogP contribution in [0.15, 0.2) is 42.6 Å². The number of hydrogen-bond donors (Lipinski definition) is 1. The minimum Gasteiger partial charge on any atom is -0.310 e. The highest BCUT2D eigenvalue weighted by atomic mass is 35.5. The Morgan fingerprint density at radius 2 is 2.12 bits per heavy atom. The minimum atomic E-state index is -0.414. The molecule has 130 valence electrons. The maximum absolute atomic E-state index is 13.4. The summed E-state index contributed by atoms with van der Waals surface area (Å²) in [4.78, 5) is 16.9. The maximum atomic E-state index is 13.4. The molecule has 25 heavy (non-hydrogen) atoms. The lowest BCUT2D eigenvalue weighted by Gasteiger charge is -2.09. The Kier molecular flexibility index (Phi) is 5.34. The third-order valence-electron chi connectivity index (χ3n) is 3.98. The van der Waals surface area contributed by atoms with Crippen LogP contribution in [-0.2, 0) is 4.79 Å². The summed E-state index contributed by atoms with van der Waals surface area (Å²) in [6.07, 6.45) is 5.18. The summed E-state index contributed by atoms with van der Waals surface area (Å²) in [5.41, 5.74) is 1.79. The van der Waals surface area contributed by atoms with E-state index in [0.717, 1.165) is 19.3 Å². The summed E-state index contributed by atoms with van der Waals surface area (Å²) in [5, 5.41) is 3.20. The maximum Gasteiger partial charge on any atom is 0.225 e. The molecule has 3 rings (SSSR count). The molecular formula is C19H19ClFN3O. The van der Waals surface area contributed by atoms with Crippen molar-refractivity contribution in [1.29, 1.82) is 0 Å². The van der Waals surface area contributed by atoms with Crippen LogP contribution in [0.5, 0.6) is 0 Å². The lowest BCUT2D eigenvalue weighted by atomic mass is 10.1. The van der Waals surface area contributed by atoms with Crippen molar-refractivity contribution in [2.75, 3.05) is 5.32 Å². The molecule has 0 aliphatic rings. The summed E-state index contributed by atoms with van der Waals surface area (Å²) in [7, 11) is 0. The first-order valence-corrected chi connectivity index (χ1v) is 8.70. The van der Waals surface area contributed by atoms with E-state index in [1.54, 1.807) is 10.5 Å². The predicted octanol–water partition coefficient (Wildman–Crippen LogP) is 5.31. The molecule has 0 spiro atoms. The Balaban J connectivity index is 2.01. The second-order valence-electron chi connectivity index (χ2n) is 5.87. The first-order valence-electron chi connectivity index (χ1n) is 8.32. The van der Waals surface area contributed by atoms with Gasteiger partial charge in [-0.05, 0) is 36.8 Å². The molecule has 1 aromatic carbocycles. The van der Waals surface area contributed by atoms with Gasteiger partial charge < -0.3 is 5.32 Å². The van der Waals surface area contributed by atoms with Crippen LogP contribution in [0.4, 0.5) is 10.2 Å². The van der Waals surface area contributed by atoms with Gasteiger partial charge in [0.05, 0.1) is 5.02 Å². The van der Waals surface area contributed by atoms with Gasteiger partial charge in [0.1, 0.15) is 23.0 Å². The molecule has 4 nitrogen and oxygen atoms in total. The number of imidazole rings is 1. The van der Waals surface area contributed by atoms with E-state index < -0.39 is 5.82 Å². The van der Waals surface area contributed by atoms with Crippen LogP contribution in [-0.4, -0.2) is 15.3 Å². The Morgan fingerprint density at radius 1 is 1.28 bits per heavy atom. The van der Waals surface area contributed by atoms with E-state index in [1.807, 2.05) is 24.4 Å². The number of amides is 1. The van der Waals surface area contributed by atoms with Crippen LogP contribution in [0.25, 0.3) is 16.9 Å². The molecule has 0 fully saturated rings. The molecule has 0 unspecified atom stereocenters.